The van der Waals surface area contributed by atoms with E-state index in [2.05, 4.69) is 14.9 Å². The molecule has 1 aliphatic heterocycles. The van der Waals surface area contributed by atoms with Gasteiger partial charge >= 0.3 is 0 Å². The molecular formula is C9H13N3O. The van der Waals surface area contributed by atoms with E-state index in [0.29, 0.717) is 12.1 Å². The fraction of sp³-hybridized carbons (Fsp3) is 0.667. The molecule has 0 aromatic carbocycles. The standard InChI is InChI=1S/C9H13N3O/c1-2-13-9-3-8(9)12(1)5-7-4-10-6-11-7/h4,6,8-9H,1-3,5H2,(H,10,11). The number of rotatable bonds is 2. The molecule has 0 bridgehead atoms. The van der Waals surface area contributed by atoms with Gasteiger partial charge in [-0.15, -0.1) is 0 Å². The van der Waals surface area contributed by atoms with Crippen LogP contribution in [0.2, 0.25) is 0 Å². The maximum Gasteiger partial charge on any atom is 0.0922 e. The quantitative estimate of drug-likeness (QED) is 0.713. The summed E-state index contributed by atoms with van der Waals surface area (Å²) in [6.07, 6.45) is 5.37. The maximum absolute atomic E-state index is 5.53. The van der Waals surface area contributed by atoms with Gasteiger partial charge in [-0.1, -0.05) is 0 Å². The first-order chi connectivity index (χ1) is 6.43. The number of H-pyrrole nitrogens is 1. The number of ether oxygens (including phenoxy) is 1. The van der Waals surface area contributed by atoms with Gasteiger partial charge in [-0.2, -0.15) is 0 Å². The SMILES string of the molecule is c1ncc(CN2CCOC3CC32)[nH]1. The number of nitrogens with one attached hydrogen (secondary N) is 1. The monoisotopic (exact) mass is 179 g/mol. The number of morpholine rings is 1. The van der Waals surface area contributed by atoms with E-state index >= 15 is 0 Å². The van der Waals surface area contributed by atoms with Crippen LogP contribution < -0.4 is 0 Å². The van der Waals surface area contributed by atoms with E-state index in [9.17, 15) is 0 Å². The van der Waals surface area contributed by atoms with Gasteiger partial charge in [-0.25, -0.2) is 4.98 Å². The van der Waals surface area contributed by atoms with Crippen molar-refractivity contribution < 1.29 is 4.74 Å². The van der Waals surface area contributed by atoms with E-state index < -0.39 is 0 Å². The van der Waals surface area contributed by atoms with Crippen LogP contribution in [0, 0.1) is 0 Å². The van der Waals surface area contributed by atoms with Crippen molar-refractivity contribution in [3.63, 3.8) is 0 Å². The molecule has 4 heteroatoms. The molecule has 0 spiro atoms. The summed E-state index contributed by atoms with van der Waals surface area (Å²) in [6.45, 7) is 2.93. The van der Waals surface area contributed by atoms with Crippen LogP contribution in [0.5, 0.6) is 0 Å². The van der Waals surface area contributed by atoms with Gasteiger partial charge in [0.15, 0.2) is 0 Å². The van der Waals surface area contributed by atoms with Crippen molar-refractivity contribution in [2.75, 3.05) is 13.2 Å². The molecule has 1 saturated heterocycles. The lowest BCUT2D eigenvalue weighted by molar-refractivity contribution is 0.0274. The number of imidazole rings is 1. The molecule has 2 heterocycles. The minimum atomic E-state index is 0.525. The van der Waals surface area contributed by atoms with Crippen molar-refractivity contribution >= 4 is 0 Å². The Balaban J connectivity index is 1.66. The maximum atomic E-state index is 5.53. The number of fused-ring (bicyclic) bond motifs is 1. The van der Waals surface area contributed by atoms with Crippen LogP contribution in [-0.2, 0) is 11.3 Å². The van der Waals surface area contributed by atoms with E-state index in [-0.39, 0.29) is 0 Å². The Labute approximate surface area is 76.9 Å². The molecule has 2 fully saturated rings. The van der Waals surface area contributed by atoms with Crippen LogP contribution in [0.3, 0.4) is 0 Å². The van der Waals surface area contributed by atoms with Crippen LogP contribution in [-0.4, -0.2) is 40.2 Å². The highest BCUT2D eigenvalue weighted by Gasteiger charge is 2.45. The Hall–Kier alpha value is -0.870. The van der Waals surface area contributed by atoms with E-state index in [1.54, 1.807) is 6.33 Å². The normalized spacial score (nSPS) is 32.9. The molecule has 13 heavy (non-hydrogen) atoms. The number of aromatic nitrogens is 2. The third-order valence-electron chi connectivity index (χ3n) is 2.81. The van der Waals surface area contributed by atoms with E-state index in [1.165, 1.54) is 12.1 Å². The molecule has 1 saturated carbocycles. The minimum absolute atomic E-state index is 0.525. The highest BCUT2D eigenvalue weighted by molar-refractivity contribution is 5.03. The largest absolute Gasteiger partial charge is 0.375 e. The molecule has 70 valence electrons. The molecule has 2 aliphatic rings. The van der Waals surface area contributed by atoms with E-state index in [1.807, 2.05) is 6.20 Å². The predicted molar refractivity (Wildman–Crippen MR) is 47.1 cm³/mol. The van der Waals surface area contributed by atoms with Gasteiger partial charge in [0.1, 0.15) is 0 Å². The summed E-state index contributed by atoms with van der Waals surface area (Å²) in [5, 5.41) is 0. The number of hydrogen-bond acceptors (Lipinski definition) is 3. The summed E-state index contributed by atoms with van der Waals surface area (Å²) in [4.78, 5) is 9.62. The van der Waals surface area contributed by atoms with Crippen molar-refractivity contribution in [2.45, 2.75) is 25.1 Å². The summed E-state index contributed by atoms with van der Waals surface area (Å²) in [5.41, 5.74) is 1.20. The van der Waals surface area contributed by atoms with Crippen LogP contribution >= 0.6 is 0 Å². The van der Waals surface area contributed by atoms with Gasteiger partial charge in [0.25, 0.3) is 0 Å². The zero-order chi connectivity index (χ0) is 8.67. The van der Waals surface area contributed by atoms with Gasteiger partial charge in [-0.05, 0) is 6.42 Å². The molecule has 0 amide bonds. The molecule has 1 N–H and O–H groups in total. The molecule has 2 unspecified atom stereocenters. The molecule has 2 atom stereocenters. The van der Waals surface area contributed by atoms with Crippen LogP contribution in [0.4, 0.5) is 0 Å². The van der Waals surface area contributed by atoms with E-state index in [0.717, 1.165) is 19.7 Å². The molecule has 4 nitrogen and oxygen atoms in total. The van der Waals surface area contributed by atoms with Crippen molar-refractivity contribution in [1.82, 2.24) is 14.9 Å². The zero-order valence-corrected chi connectivity index (χ0v) is 7.44. The minimum Gasteiger partial charge on any atom is -0.375 e. The summed E-state index contributed by atoms with van der Waals surface area (Å²) in [5.74, 6) is 0. The van der Waals surface area contributed by atoms with Gasteiger partial charge in [0.2, 0.25) is 0 Å². The first-order valence-corrected chi connectivity index (χ1v) is 4.76. The highest BCUT2D eigenvalue weighted by atomic mass is 16.5. The lowest BCUT2D eigenvalue weighted by atomic mass is 10.3. The van der Waals surface area contributed by atoms with E-state index in [4.69, 9.17) is 4.74 Å². The Morgan fingerprint density at radius 3 is 3.54 bits per heavy atom. The topological polar surface area (TPSA) is 41.2 Å². The van der Waals surface area contributed by atoms with Crippen molar-refractivity contribution in [3.8, 4) is 0 Å². The average Bonchev–Trinajstić information content (AvgIpc) is 2.77. The lowest BCUT2D eigenvalue weighted by Crippen LogP contribution is -2.36. The summed E-state index contributed by atoms with van der Waals surface area (Å²) < 4.78 is 5.53. The fourth-order valence-electron chi connectivity index (χ4n) is 2.00. The van der Waals surface area contributed by atoms with Gasteiger partial charge in [0.05, 0.1) is 19.0 Å². The summed E-state index contributed by atoms with van der Waals surface area (Å²) >= 11 is 0. The van der Waals surface area contributed by atoms with Crippen molar-refractivity contribution in [1.29, 1.82) is 0 Å². The van der Waals surface area contributed by atoms with Crippen LogP contribution in [0.25, 0.3) is 0 Å². The molecule has 1 aromatic rings. The van der Waals surface area contributed by atoms with Gasteiger partial charge in [-0.3, -0.25) is 4.90 Å². The first kappa shape index (κ1) is 7.53. The highest BCUT2D eigenvalue weighted by Crippen LogP contribution is 2.34. The van der Waals surface area contributed by atoms with Crippen molar-refractivity contribution in [2.24, 2.45) is 0 Å². The first-order valence-electron chi connectivity index (χ1n) is 4.76. The Kier molecular flexibility index (Phi) is 1.63. The molecule has 0 radical (unpaired) electrons. The van der Waals surface area contributed by atoms with Crippen LogP contribution in [0.1, 0.15) is 12.1 Å². The second-order valence-corrected chi connectivity index (χ2v) is 3.76. The Bertz CT molecular complexity index is 285. The number of nitrogens with zero attached hydrogens (tertiary/aromatic N) is 2. The molecule has 3 rings (SSSR count). The second kappa shape index (κ2) is 2.82. The number of hydrogen-bond donors (Lipinski definition) is 1. The predicted octanol–water partition coefficient (Wildman–Crippen LogP) is 0.383. The van der Waals surface area contributed by atoms with Gasteiger partial charge in [0, 0.05) is 31.0 Å². The van der Waals surface area contributed by atoms with Gasteiger partial charge < -0.3 is 9.72 Å². The number of aromatic amines is 1. The lowest BCUT2D eigenvalue weighted by Gasteiger charge is -2.25. The Morgan fingerprint density at radius 1 is 1.69 bits per heavy atom. The fourth-order valence-corrected chi connectivity index (χ4v) is 2.00. The molecule has 1 aliphatic carbocycles. The Morgan fingerprint density at radius 2 is 2.69 bits per heavy atom. The summed E-state index contributed by atoms with van der Waals surface area (Å²) in [6, 6.07) is 0.678. The third-order valence-corrected chi connectivity index (χ3v) is 2.81. The van der Waals surface area contributed by atoms with Crippen LogP contribution in [0.15, 0.2) is 12.5 Å². The second-order valence-electron chi connectivity index (χ2n) is 3.76. The molecular weight excluding hydrogens is 166 g/mol. The zero-order valence-electron chi connectivity index (χ0n) is 7.44. The molecule has 1 aromatic heterocycles. The summed E-state index contributed by atoms with van der Waals surface area (Å²) in [7, 11) is 0. The smallest absolute Gasteiger partial charge is 0.0922 e. The van der Waals surface area contributed by atoms with Crippen molar-refractivity contribution in [3.05, 3.63) is 18.2 Å². The third kappa shape index (κ3) is 1.36. The average molecular weight is 179 g/mol.